The van der Waals surface area contributed by atoms with Crippen LogP contribution in [-0.2, 0) is 6.42 Å². The highest BCUT2D eigenvalue weighted by Gasteiger charge is 2.09. The number of aromatic amines is 1. The van der Waals surface area contributed by atoms with Gasteiger partial charge in [-0.2, -0.15) is 0 Å². The third kappa shape index (κ3) is 3.85. The average Bonchev–Trinajstić information content (AvgIpc) is 3.24. The van der Waals surface area contributed by atoms with E-state index >= 15 is 0 Å². The smallest absolute Gasteiger partial charge is 0.267 e. The third-order valence-electron chi connectivity index (χ3n) is 3.52. The Hall–Kier alpha value is -2.89. The van der Waals surface area contributed by atoms with Crippen molar-refractivity contribution in [3.63, 3.8) is 0 Å². The van der Waals surface area contributed by atoms with Crippen LogP contribution in [0.5, 0.6) is 0 Å². The van der Waals surface area contributed by atoms with E-state index in [9.17, 15) is 9.18 Å². The van der Waals surface area contributed by atoms with Gasteiger partial charge < -0.3 is 14.8 Å². The fourth-order valence-corrected chi connectivity index (χ4v) is 2.27. The second-order valence-corrected chi connectivity index (χ2v) is 5.20. The van der Waals surface area contributed by atoms with Crippen LogP contribution in [0.25, 0.3) is 11.1 Å². The molecule has 1 amide bonds. The molecule has 2 N–H and O–H groups in total. The van der Waals surface area contributed by atoms with Gasteiger partial charge in [-0.3, -0.25) is 4.79 Å². The number of carbonyl (C=O) groups excluding carboxylic acids is 1. The molecule has 0 saturated carbocycles. The molecule has 0 aliphatic carbocycles. The quantitative estimate of drug-likeness (QED) is 0.687. The van der Waals surface area contributed by atoms with Crippen molar-refractivity contribution in [3.8, 4) is 11.1 Å². The second-order valence-electron chi connectivity index (χ2n) is 5.20. The first kappa shape index (κ1) is 15.0. The van der Waals surface area contributed by atoms with Crippen molar-refractivity contribution >= 4 is 5.91 Å². The van der Waals surface area contributed by atoms with E-state index in [1.165, 1.54) is 12.1 Å². The van der Waals surface area contributed by atoms with Gasteiger partial charge in [0.05, 0.1) is 6.20 Å². The summed E-state index contributed by atoms with van der Waals surface area (Å²) in [7, 11) is 0. The third-order valence-corrected chi connectivity index (χ3v) is 3.52. The fraction of sp³-hybridized carbons (Fsp3) is 0.176. The molecule has 0 bridgehead atoms. The topological polar surface area (TPSA) is 70.9 Å². The first-order valence-electron chi connectivity index (χ1n) is 7.33. The SMILES string of the molecule is O=C(NCCCc1cnoc1)c1cc(-c2ccc(F)cc2)c[nH]1. The summed E-state index contributed by atoms with van der Waals surface area (Å²) in [5.74, 6) is -0.446. The minimum Gasteiger partial charge on any atom is -0.364 e. The average molecular weight is 313 g/mol. The number of carbonyl (C=O) groups is 1. The molecule has 6 heteroatoms. The summed E-state index contributed by atoms with van der Waals surface area (Å²) in [6, 6.07) is 7.90. The zero-order valence-corrected chi connectivity index (χ0v) is 12.4. The van der Waals surface area contributed by atoms with Crippen molar-refractivity contribution in [1.29, 1.82) is 0 Å². The molecule has 3 aromatic rings. The molecule has 0 radical (unpaired) electrons. The number of amides is 1. The van der Waals surface area contributed by atoms with Gasteiger partial charge in [0.2, 0.25) is 0 Å². The van der Waals surface area contributed by atoms with Crippen LogP contribution in [0.15, 0.2) is 53.5 Å². The number of nitrogens with zero attached hydrogens (tertiary/aromatic N) is 1. The van der Waals surface area contributed by atoms with E-state index < -0.39 is 0 Å². The summed E-state index contributed by atoms with van der Waals surface area (Å²) >= 11 is 0. The summed E-state index contributed by atoms with van der Waals surface area (Å²) in [6.07, 6.45) is 6.61. The van der Waals surface area contributed by atoms with Crippen molar-refractivity contribution in [2.24, 2.45) is 0 Å². The number of benzene rings is 1. The summed E-state index contributed by atoms with van der Waals surface area (Å²) in [5, 5.41) is 6.48. The van der Waals surface area contributed by atoms with E-state index in [4.69, 9.17) is 4.52 Å². The van der Waals surface area contributed by atoms with Gasteiger partial charge in [-0.25, -0.2) is 4.39 Å². The van der Waals surface area contributed by atoms with Crippen LogP contribution >= 0.6 is 0 Å². The minimum absolute atomic E-state index is 0.163. The second kappa shape index (κ2) is 6.91. The highest BCUT2D eigenvalue weighted by atomic mass is 19.1. The molecule has 2 heterocycles. The Morgan fingerprint density at radius 2 is 2.09 bits per heavy atom. The molecule has 2 aromatic heterocycles. The van der Waals surface area contributed by atoms with E-state index in [-0.39, 0.29) is 11.7 Å². The Morgan fingerprint density at radius 3 is 2.83 bits per heavy atom. The minimum atomic E-state index is -0.282. The van der Waals surface area contributed by atoms with Crippen molar-refractivity contribution in [3.05, 3.63) is 66.1 Å². The number of hydrogen-bond acceptors (Lipinski definition) is 3. The molecule has 0 spiro atoms. The molecular formula is C17H16FN3O2. The zero-order valence-electron chi connectivity index (χ0n) is 12.4. The number of aromatic nitrogens is 2. The standard InChI is InChI=1S/C17H16FN3O2/c18-15-5-3-13(4-6-15)14-8-16(20-10-14)17(22)19-7-1-2-12-9-21-23-11-12/h3-6,8-11,20H,1-2,7H2,(H,19,22). The van der Waals surface area contributed by atoms with Crippen LogP contribution in [-0.4, -0.2) is 22.6 Å². The number of H-pyrrole nitrogens is 1. The molecule has 1 aromatic carbocycles. The number of halogens is 1. The molecule has 5 nitrogen and oxygen atoms in total. The van der Waals surface area contributed by atoms with Gasteiger partial charge in [-0.1, -0.05) is 17.3 Å². The maximum Gasteiger partial charge on any atom is 0.267 e. The Balaban J connectivity index is 1.52. The molecule has 0 unspecified atom stereocenters. The molecule has 23 heavy (non-hydrogen) atoms. The Labute approximate surface area is 132 Å². The van der Waals surface area contributed by atoms with Gasteiger partial charge in [0.1, 0.15) is 17.8 Å². The molecule has 0 aliphatic heterocycles. The van der Waals surface area contributed by atoms with E-state index in [1.807, 2.05) is 0 Å². The molecule has 0 atom stereocenters. The van der Waals surface area contributed by atoms with Crippen LogP contribution in [0.3, 0.4) is 0 Å². The van der Waals surface area contributed by atoms with E-state index in [0.717, 1.165) is 29.5 Å². The lowest BCUT2D eigenvalue weighted by molar-refractivity contribution is 0.0949. The van der Waals surface area contributed by atoms with Gasteiger partial charge in [0, 0.05) is 18.3 Å². The van der Waals surface area contributed by atoms with Gasteiger partial charge in [-0.05, 0) is 42.2 Å². The highest BCUT2D eigenvalue weighted by Crippen LogP contribution is 2.20. The lowest BCUT2D eigenvalue weighted by atomic mass is 10.1. The molecule has 3 rings (SSSR count). The Bertz CT molecular complexity index is 764. The van der Waals surface area contributed by atoms with Crippen LogP contribution < -0.4 is 5.32 Å². The lowest BCUT2D eigenvalue weighted by Gasteiger charge is -2.02. The van der Waals surface area contributed by atoms with E-state index in [2.05, 4.69) is 15.5 Å². The largest absolute Gasteiger partial charge is 0.364 e. The molecule has 0 saturated heterocycles. The van der Waals surface area contributed by atoms with Crippen molar-refractivity contribution in [2.45, 2.75) is 12.8 Å². The molecular weight excluding hydrogens is 297 g/mol. The number of aryl methyl sites for hydroxylation is 1. The first-order chi connectivity index (χ1) is 11.2. The predicted octanol–water partition coefficient (Wildman–Crippen LogP) is 3.17. The fourth-order valence-electron chi connectivity index (χ4n) is 2.27. The maximum absolute atomic E-state index is 12.9. The summed E-state index contributed by atoms with van der Waals surface area (Å²) in [6.45, 7) is 0.564. The van der Waals surface area contributed by atoms with Gasteiger partial charge in [-0.15, -0.1) is 0 Å². The van der Waals surface area contributed by atoms with Gasteiger partial charge in [0.15, 0.2) is 0 Å². The highest BCUT2D eigenvalue weighted by molar-refractivity contribution is 5.93. The molecule has 0 fully saturated rings. The van der Waals surface area contributed by atoms with Crippen LogP contribution in [0.2, 0.25) is 0 Å². The maximum atomic E-state index is 12.9. The van der Waals surface area contributed by atoms with Crippen LogP contribution in [0.1, 0.15) is 22.5 Å². The first-order valence-corrected chi connectivity index (χ1v) is 7.33. The van der Waals surface area contributed by atoms with Gasteiger partial charge >= 0.3 is 0 Å². The number of nitrogens with one attached hydrogen (secondary N) is 2. The van der Waals surface area contributed by atoms with E-state index in [0.29, 0.717) is 12.2 Å². The Morgan fingerprint density at radius 1 is 1.26 bits per heavy atom. The monoisotopic (exact) mass is 313 g/mol. The zero-order chi connectivity index (χ0) is 16.1. The summed E-state index contributed by atoms with van der Waals surface area (Å²) < 4.78 is 17.7. The lowest BCUT2D eigenvalue weighted by Crippen LogP contribution is -2.24. The van der Waals surface area contributed by atoms with Crippen LogP contribution in [0.4, 0.5) is 4.39 Å². The number of rotatable bonds is 6. The predicted molar refractivity (Wildman–Crippen MR) is 83.3 cm³/mol. The van der Waals surface area contributed by atoms with Crippen molar-refractivity contribution in [1.82, 2.24) is 15.5 Å². The summed E-state index contributed by atoms with van der Waals surface area (Å²) in [5.41, 5.74) is 3.20. The summed E-state index contributed by atoms with van der Waals surface area (Å²) in [4.78, 5) is 15.0. The normalized spacial score (nSPS) is 10.7. The Kier molecular flexibility index (Phi) is 4.52. The van der Waals surface area contributed by atoms with Gasteiger partial charge in [0.25, 0.3) is 5.91 Å². The molecule has 118 valence electrons. The van der Waals surface area contributed by atoms with Crippen molar-refractivity contribution < 1.29 is 13.7 Å². The molecule has 0 aliphatic rings. The van der Waals surface area contributed by atoms with Crippen molar-refractivity contribution in [2.75, 3.05) is 6.54 Å². The van der Waals surface area contributed by atoms with E-state index in [1.54, 1.807) is 36.9 Å². The number of hydrogen-bond donors (Lipinski definition) is 2. The van der Waals surface area contributed by atoms with Crippen LogP contribution in [0, 0.1) is 5.82 Å².